The maximum Gasteiger partial charge on any atom is 0.171 e. The van der Waals surface area contributed by atoms with E-state index in [1.165, 1.54) is 0 Å². The van der Waals surface area contributed by atoms with E-state index in [4.69, 9.17) is 12.2 Å². The number of rotatable bonds is 3. The Hall–Kier alpha value is -0.870. The first-order valence-electron chi connectivity index (χ1n) is 4.14. The first-order valence-corrected chi connectivity index (χ1v) is 5.34. The van der Waals surface area contributed by atoms with Crippen LogP contribution in [0.4, 0.5) is 5.69 Å². The second-order valence-corrected chi connectivity index (χ2v) is 3.87. The molecule has 0 unspecified atom stereocenters. The third-order valence-electron chi connectivity index (χ3n) is 1.53. The molecule has 0 saturated heterocycles. The molecule has 14 heavy (non-hydrogen) atoms. The van der Waals surface area contributed by atoms with E-state index in [0.29, 0.717) is 11.7 Å². The van der Waals surface area contributed by atoms with Crippen molar-refractivity contribution in [2.45, 2.75) is 0 Å². The van der Waals surface area contributed by atoms with Gasteiger partial charge >= 0.3 is 0 Å². The summed E-state index contributed by atoms with van der Waals surface area (Å²) in [6.07, 6.45) is 1.76. The number of thiocarbonyl (C=S) groups is 1. The lowest BCUT2D eigenvalue weighted by Crippen LogP contribution is -2.28. The quantitative estimate of drug-likeness (QED) is 0.653. The van der Waals surface area contributed by atoms with Crippen molar-refractivity contribution in [3.05, 3.63) is 41.4 Å². The van der Waals surface area contributed by atoms with Gasteiger partial charge in [0.15, 0.2) is 5.11 Å². The van der Waals surface area contributed by atoms with Gasteiger partial charge in [-0.2, -0.15) is 0 Å². The molecular weight excluding hydrogens is 260 g/mol. The minimum absolute atomic E-state index is 0.594. The molecule has 0 aliphatic rings. The largest absolute Gasteiger partial charge is 0.359 e. The lowest BCUT2D eigenvalue weighted by Gasteiger charge is -2.09. The van der Waals surface area contributed by atoms with Gasteiger partial charge in [0.25, 0.3) is 0 Å². The highest BCUT2D eigenvalue weighted by Gasteiger charge is 1.99. The van der Waals surface area contributed by atoms with Crippen molar-refractivity contribution in [3.8, 4) is 0 Å². The van der Waals surface area contributed by atoms with E-state index in [2.05, 4.69) is 33.1 Å². The molecule has 0 radical (unpaired) electrons. The number of anilines is 1. The van der Waals surface area contributed by atoms with Gasteiger partial charge in [0.05, 0.1) is 5.69 Å². The van der Waals surface area contributed by atoms with Crippen LogP contribution in [-0.2, 0) is 0 Å². The first-order chi connectivity index (χ1) is 6.74. The third kappa shape index (κ3) is 3.47. The van der Waals surface area contributed by atoms with E-state index in [1.54, 1.807) is 6.08 Å². The Morgan fingerprint density at radius 2 is 2.21 bits per heavy atom. The zero-order chi connectivity index (χ0) is 10.4. The fourth-order valence-electron chi connectivity index (χ4n) is 0.894. The smallest absolute Gasteiger partial charge is 0.171 e. The van der Waals surface area contributed by atoms with Crippen LogP contribution in [0.2, 0.25) is 0 Å². The lowest BCUT2D eigenvalue weighted by molar-refractivity contribution is 1.06. The summed E-state index contributed by atoms with van der Waals surface area (Å²) in [4.78, 5) is 0. The van der Waals surface area contributed by atoms with Gasteiger partial charge in [-0.15, -0.1) is 6.58 Å². The van der Waals surface area contributed by atoms with Crippen LogP contribution in [0, 0.1) is 0 Å². The normalized spacial score (nSPS) is 9.21. The lowest BCUT2D eigenvalue weighted by atomic mass is 10.3. The minimum atomic E-state index is 0.594. The second kappa shape index (κ2) is 5.78. The molecule has 0 saturated carbocycles. The summed E-state index contributed by atoms with van der Waals surface area (Å²) in [5.41, 5.74) is 0.953. The molecule has 0 fully saturated rings. The molecule has 0 bridgehead atoms. The molecule has 74 valence electrons. The summed E-state index contributed by atoms with van der Waals surface area (Å²) in [5, 5.41) is 6.65. The van der Waals surface area contributed by atoms with Gasteiger partial charge in [-0.1, -0.05) is 18.2 Å². The van der Waals surface area contributed by atoms with Gasteiger partial charge in [0, 0.05) is 11.0 Å². The molecule has 0 amide bonds. The Balaban J connectivity index is 2.56. The molecule has 2 nitrogen and oxygen atoms in total. The van der Waals surface area contributed by atoms with Gasteiger partial charge in [-0.3, -0.25) is 0 Å². The van der Waals surface area contributed by atoms with Gasteiger partial charge in [0.1, 0.15) is 0 Å². The van der Waals surface area contributed by atoms with Crippen LogP contribution >= 0.6 is 28.1 Å². The van der Waals surface area contributed by atoms with Gasteiger partial charge < -0.3 is 10.6 Å². The molecule has 1 aromatic rings. The number of halogens is 1. The monoisotopic (exact) mass is 270 g/mol. The van der Waals surface area contributed by atoms with E-state index in [9.17, 15) is 0 Å². The van der Waals surface area contributed by atoms with Crippen molar-refractivity contribution < 1.29 is 0 Å². The molecule has 4 heteroatoms. The van der Waals surface area contributed by atoms with Gasteiger partial charge in [0.2, 0.25) is 0 Å². The Labute approximate surface area is 97.5 Å². The molecule has 0 aliphatic heterocycles. The number of hydrogen-bond acceptors (Lipinski definition) is 1. The molecule has 0 heterocycles. The zero-order valence-electron chi connectivity index (χ0n) is 7.59. The van der Waals surface area contributed by atoms with E-state index >= 15 is 0 Å². The van der Waals surface area contributed by atoms with Crippen molar-refractivity contribution in [2.24, 2.45) is 0 Å². The van der Waals surface area contributed by atoms with Crippen LogP contribution in [0.5, 0.6) is 0 Å². The van der Waals surface area contributed by atoms with Crippen LogP contribution in [-0.4, -0.2) is 11.7 Å². The van der Waals surface area contributed by atoms with E-state index in [-0.39, 0.29) is 0 Å². The highest BCUT2D eigenvalue weighted by Crippen LogP contribution is 2.20. The summed E-state index contributed by atoms with van der Waals surface area (Å²) in [7, 11) is 0. The molecule has 0 aromatic heterocycles. The maximum atomic E-state index is 5.07. The Morgan fingerprint density at radius 1 is 1.50 bits per heavy atom. The molecule has 0 spiro atoms. The van der Waals surface area contributed by atoms with Crippen LogP contribution in [0.25, 0.3) is 0 Å². The van der Waals surface area contributed by atoms with Crippen LogP contribution in [0.15, 0.2) is 41.4 Å². The fourth-order valence-corrected chi connectivity index (χ4v) is 1.47. The van der Waals surface area contributed by atoms with Crippen molar-refractivity contribution in [3.63, 3.8) is 0 Å². The standard InChI is InChI=1S/C10H11BrN2S/c1-2-7-12-10(14)13-9-6-4-3-5-8(9)11/h2-6H,1,7H2,(H2,12,13,14). The predicted molar refractivity (Wildman–Crippen MR) is 68.6 cm³/mol. The minimum Gasteiger partial charge on any atom is -0.359 e. The van der Waals surface area contributed by atoms with Crippen molar-refractivity contribution in [1.82, 2.24) is 5.32 Å². The molecule has 0 aliphatic carbocycles. The molecule has 1 aromatic carbocycles. The molecule has 0 atom stereocenters. The molecular formula is C10H11BrN2S. The predicted octanol–water partition coefficient (Wildman–Crippen LogP) is 2.92. The number of para-hydroxylation sites is 1. The van der Waals surface area contributed by atoms with E-state index in [0.717, 1.165) is 10.2 Å². The summed E-state index contributed by atoms with van der Waals surface area (Å²) in [6, 6.07) is 7.81. The maximum absolute atomic E-state index is 5.07. The van der Waals surface area contributed by atoms with Crippen molar-refractivity contribution in [2.75, 3.05) is 11.9 Å². The third-order valence-corrected chi connectivity index (χ3v) is 2.47. The average molecular weight is 271 g/mol. The first kappa shape index (κ1) is 11.2. The van der Waals surface area contributed by atoms with Crippen LogP contribution in [0.3, 0.4) is 0 Å². The number of benzene rings is 1. The summed E-state index contributed by atoms with van der Waals surface area (Å²) in [5.74, 6) is 0. The average Bonchev–Trinajstić information content (AvgIpc) is 2.18. The summed E-state index contributed by atoms with van der Waals surface area (Å²) >= 11 is 8.49. The number of nitrogens with one attached hydrogen (secondary N) is 2. The summed E-state index contributed by atoms with van der Waals surface area (Å²) < 4.78 is 0.989. The zero-order valence-corrected chi connectivity index (χ0v) is 9.99. The van der Waals surface area contributed by atoms with E-state index in [1.807, 2.05) is 24.3 Å². The van der Waals surface area contributed by atoms with Crippen molar-refractivity contribution in [1.29, 1.82) is 0 Å². The topological polar surface area (TPSA) is 24.1 Å². The second-order valence-electron chi connectivity index (χ2n) is 2.60. The number of hydrogen-bond donors (Lipinski definition) is 2. The SMILES string of the molecule is C=CCNC(=S)Nc1ccccc1Br. The van der Waals surface area contributed by atoms with Gasteiger partial charge in [-0.05, 0) is 40.3 Å². The van der Waals surface area contributed by atoms with E-state index < -0.39 is 0 Å². The summed E-state index contributed by atoms with van der Waals surface area (Å²) in [6.45, 7) is 4.26. The van der Waals surface area contributed by atoms with Crippen LogP contribution < -0.4 is 10.6 Å². The van der Waals surface area contributed by atoms with Crippen molar-refractivity contribution >= 4 is 38.9 Å². The van der Waals surface area contributed by atoms with Crippen LogP contribution in [0.1, 0.15) is 0 Å². The molecule has 2 N–H and O–H groups in total. The Morgan fingerprint density at radius 3 is 2.86 bits per heavy atom. The highest BCUT2D eigenvalue weighted by molar-refractivity contribution is 9.10. The molecule has 1 rings (SSSR count). The Bertz CT molecular complexity index is 339. The fraction of sp³-hybridized carbons (Fsp3) is 0.100. The highest BCUT2D eigenvalue weighted by atomic mass is 79.9. The van der Waals surface area contributed by atoms with Gasteiger partial charge in [-0.25, -0.2) is 0 Å². The Kier molecular flexibility index (Phi) is 4.62.